The Balaban J connectivity index is 2.48. The molecule has 0 N–H and O–H groups in total. The molecule has 6 heteroatoms. The number of benzene rings is 1. The number of aromatic nitrogens is 2. The van der Waals surface area contributed by atoms with Crippen LogP contribution in [-0.2, 0) is 6.18 Å². The van der Waals surface area contributed by atoms with Gasteiger partial charge in [-0.3, -0.25) is 0 Å². The monoisotopic (exact) mass is 272 g/mol. The van der Waals surface area contributed by atoms with E-state index in [0.29, 0.717) is 5.56 Å². The molecule has 0 aliphatic heterocycles. The van der Waals surface area contributed by atoms with Crippen molar-refractivity contribution in [3.05, 3.63) is 46.7 Å². The van der Waals surface area contributed by atoms with E-state index in [1.54, 1.807) is 6.92 Å². The SMILES string of the molecule is Cc1cnc(-c2cccc(C(F)(F)F)c2)nc1Cl. The van der Waals surface area contributed by atoms with Gasteiger partial charge in [0.2, 0.25) is 0 Å². The molecular formula is C12H8ClF3N2. The minimum atomic E-state index is -4.38. The van der Waals surface area contributed by atoms with E-state index in [1.807, 2.05) is 0 Å². The third kappa shape index (κ3) is 2.61. The molecule has 0 fully saturated rings. The number of hydrogen-bond acceptors (Lipinski definition) is 2. The summed E-state index contributed by atoms with van der Waals surface area (Å²) in [5.74, 6) is 0.178. The third-order valence-corrected chi connectivity index (χ3v) is 2.74. The van der Waals surface area contributed by atoms with Gasteiger partial charge in [-0.1, -0.05) is 23.7 Å². The van der Waals surface area contributed by atoms with E-state index in [9.17, 15) is 13.2 Å². The van der Waals surface area contributed by atoms with Crippen LogP contribution in [0.2, 0.25) is 5.15 Å². The highest BCUT2D eigenvalue weighted by atomic mass is 35.5. The van der Waals surface area contributed by atoms with E-state index in [1.165, 1.54) is 18.3 Å². The van der Waals surface area contributed by atoms with E-state index < -0.39 is 11.7 Å². The van der Waals surface area contributed by atoms with Gasteiger partial charge in [0.05, 0.1) is 5.56 Å². The molecule has 1 heterocycles. The fourth-order valence-electron chi connectivity index (χ4n) is 1.39. The molecule has 0 saturated carbocycles. The zero-order valence-electron chi connectivity index (χ0n) is 9.29. The fraction of sp³-hybridized carbons (Fsp3) is 0.167. The molecular weight excluding hydrogens is 265 g/mol. The zero-order chi connectivity index (χ0) is 13.3. The van der Waals surface area contributed by atoms with Crippen LogP contribution in [0.15, 0.2) is 30.5 Å². The van der Waals surface area contributed by atoms with Crippen molar-refractivity contribution in [2.45, 2.75) is 13.1 Å². The standard InChI is InChI=1S/C12H8ClF3N2/c1-7-6-17-11(18-10(7)13)8-3-2-4-9(5-8)12(14,15)16/h2-6H,1H3. The van der Waals surface area contributed by atoms with Crippen molar-refractivity contribution >= 4 is 11.6 Å². The quantitative estimate of drug-likeness (QED) is 0.730. The summed E-state index contributed by atoms with van der Waals surface area (Å²) in [7, 11) is 0. The Morgan fingerprint density at radius 3 is 2.56 bits per heavy atom. The second kappa shape index (κ2) is 4.57. The van der Waals surface area contributed by atoms with Gasteiger partial charge in [-0.15, -0.1) is 0 Å². The molecule has 0 spiro atoms. The summed E-state index contributed by atoms with van der Waals surface area (Å²) in [4.78, 5) is 7.92. The van der Waals surface area contributed by atoms with Crippen LogP contribution in [-0.4, -0.2) is 9.97 Å². The average molecular weight is 273 g/mol. The predicted molar refractivity (Wildman–Crippen MR) is 62.2 cm³/mol. The minimum absolute atomic E-state index is 0.178. The van der Waals surface area contributed by atoms with E-state index >= 15 is 0 Å². The molecule has 2 aromatic rings. The largest absolute Gasteiger partial charge is 0.416 e. The summed E-state index contributed by atoms with van der Waals surface area (Å²) >= 11 is 5.82. The number of nitrogens with zero attached hydrogens (tertiary/aromatic N) is 2. The first-order chi connectivity index (χ1) is 8.38. The lowest BCUT2D eigenvalue weighted by Crippen LogP contribution is -2.04. The summed E-state index contributed by atoms with van der Waals surface area (Å²) in [6.07, 6.45) is -2.91. The normalized spacial score (nSPS) is 11.6. The molecule has 0 aliphatic carbocycles. The van der Waals surface area contributed by atoms with Crippen molar-refractivity contribution in [1.29, 1.82) is 0 Å². The van der Waals surface area contributed by atoms with Gasteiger partial charge in [0.15, 0.2) is 5.82 Å². The molecule has 1 aromatic heterocycles. The van der Waals surface area contributed by atoms with Gasteiger partial charge in [0.1, 0.15) is 5.15 Å². The second-order valence-corrected chi connectivity index (χ2v) is 4.10. The van der Waals surface area contributed by atoms with E-state index in [4.69, 9.17) is 11.6 Å². The number of aryl methyl sites for hydroxylation is 1. The Morgan fingerprint density at radius 2 is 1.94 bits per heavy atom. The van der Waals surface area contributed by atoms with E-state index in [-0.39, 0.29) is 16.5 Å². The molecule has 18 heavy (non-hydrogen) atoms. The van der Waals surface area contributed by atoms with Crippen molar-refractivity contribution in [2.24, 2.45) is 0 Å². The molecule has 2 nitrogen and oxygen atoms in total. The number of hydrogen-bond donors (Lipinski definition) is 0. The van der Waals surface area contributed by atoms with Crippen LogP contribution in [0.5, 0.6) is 0 Å². The molecule has 0 bridgehead atoms. The molecule has 0 saturated heterocycles. The summed E-state index contributed by atoms with van der Waals surface area (Å²) in [6, 6.07) is 4.83. The highest BCUT2D eigenvalue weighted by Gasteiger charge is 2.30. The lowest BCUT2D eigenvalue weighted by Gasteiger charge is -2.08. The Morgan fingerprint density at radius 1 is 1.22 bits per heavy atom. The summed E-state index contributed by atoms with van der Waals surface area (Å²) in [5, 5.41) is 0.234. The number of rotatable bonds is 1. The lowest BCUT2D eigenvalue weighted by molar-refractivity contribution is -0.137. The van der Waals surface area contributed by atoms with Crippen LogP contribution in [0.1, 0.15) is 11.1 Å². The predicted octanol–water partition coefficient (Wildman–Crippen LogP) is 4.12. The summed E-state index contributed by atoms with van der Waals surface area (Å²) < 4.78 is 37.7. The Bertz CT molecular complexity index is 582. The second-order valence-electron chi connectivity index (χ2n) is 3.75. The first-order valence-electron chi connectivity index (χ1n) is 5.04. The molecule has 0 atom stereocenters. The van der Waals surface area contributed by atoms with Crippen LogP contribution in [0.25, 0.3) is 11.4 Å². The first kappa shape index (κ1) is 12.8. The van der Waals surface area contributed by atoms with E-state index in [2.05, 4.69) is 9.97 Å². The van der Waals surface area contributed by atoms with Gasteiger partial charge in [0.25, 0.3) is 0 Å². The minimum Gasteiger partial charge on any atom is -0.236 e. The van der Waals surface area contributed by atoms with Crippen molar-refractivity contribution in [3.63, 3.8) is 0 Å². The lowest BCUT2D eigenvalue weighted by atomic mass is 10.1. The van der Waals surface area contributed by atoms with Crippen LogP contribution in [0, 0.1) is 6.92 Å². The average Bonchev–Trinajstić information content (AvgIpc) is 2.32. The van der Waals surface area contributed by atoms with Crippen LogP contribution < -0.4 is 0 Å². The Hall–Kier alpha value is -1.62. The van der Waals surface area contributed by atoms with Crippen molar-refractivity contribution in [3.8, 4) is 11.4 Å². The van der Waals surface area contributed by atoms with Crippen molar-refractivity contribution in [1.82, 2.24) is 9.97 Å². The smallest absolute Gasteiger partial charge is 0.236 e. The number of halogens is 4. The maximum absolute atomic E-state index is 12.6. The third-order valence-electron chi connectivity index (χ3n) is 2.36. The summed E-state index contributed by atoms with van der Waals surface area (Å²) in [5.41, 5.74) is 0.222. The summed E-state index contributed by atoms with van der Waals surface area (Å²) in [6.45, 7) is 1.72. The number of alkyl halides is 3. The van der Waals surface area contributed by atoms with Crippen LogP contribution in [0.3, 0.4) is 0 Å². The molecule has 0 amide bonds. The van der Waals surface area contributed by atoms with E-state index in [0.717, 1.165) is 12.1 Å². The molecule has 2 rings (SSSR count). The maximum atomic E-state index is 12.6. The molecule has 94 valence electrons. The van der Waals surface area contributed by atoms with Crippen molar-refractivity contribution < 1.29 is 13.2 Å². The Kier molecular flexibility index (Phi) is 3.26. The van der Waals surface area contributed by atoms with Gasteiger partial charge in [-0.25, -0.2) is 9.97 Å². The van der Waals surface area contributed by atoms with Gasteiger partial charge < -0.3 is 0 Å². The van der Waals surface area contributed by atoms with Gasteiger partial charge >= 0.3 is 6.18 Å². The molecule has 0 unspecified atom stereocenters. The van der Waals surface area contributed by atoms with Crippen LogP contribution in [0.4, 0.5) is 13.2 Å². The van der Waals surface area contributed by atoms with Crippen molar-refractivity contribution in [2.75, 3.05) is 0 Å². The van der Waals surface area contributed by atoms with Crippen LogP contribution >= 0.6 is 11.6 Å². The van der Waals surface area contributed by atoms with Gasteiger partial charge in [0, 0.05) is 17.3 Å². The topological polar surface area (TPSA) is 25.8 Å². The fourth-order valence-corrected chi connectivity index (χ4v) is 1.52. The molecule has 0 aliphatic rings. The first-order valence-corrected chi connectivity index (χ1v) is 5.42. The maximum Gasteiger partial charge on any atom is 0.416 e. The molecule has 0 radical (unpaired) electrons. The van der Waals surface area contributed by atoms with Gasteiger partial charge in [-0.2, -0.15) is 13.2 Å². The molecule has 1 aromatic carbocycles. The highest BCUT2D eigenvalue weighted by molar-refractivity contribution is 6.30. The highest BCUT2D eigenvalue weighted by Crippen LogP contribution is 2.31. The van der Waals surface area contributed by atoms with Gasteiger partial charge in [-0.05, 0) is 19.1 Å². The Labute approximate surface area is 106 Å². The zero-order valence-corrected chi connectivity index (χ0v) is 10.0.